The summed E-state index contributed by atoms with van der Waals surface area (Å²) in [6.45, 7) is 3.78. The summed E-state index contributed by atoms with van der Waals surface area (Å²) in [5.74, 6) is 0. The number of aliphatic hydroxyl groups is 1. The van der Waals surface area contributed by atoms with Crippen molar-refractivity contribution in [2.45, 2.75) is 44.4 Å². The van der Waals surface area contributed by atoms with Gasteiger partial charge < -0.3 is 10.5 Å². The highest BCUT2D eigenvalue weighted by molar-refractivity contribution is 6.29. The molecule has 3 rings (SSSR count). The van der Waals surface area contributed by atoms with Gasteiger partial charge in [-0.25, -0.2) is 10.4 Å². The molecule has 1 saturated heterocycles. The van der Waals surface area contributed by atoms with Gasteiger partial charge in [0.2, 0.25) is 0 Å². The van der Waals surface area contributed by atoms with E-state index in [1.54, 1.807) is 0 Å². The molecule has 1 aromatic heterocycles. The molecule has 2 aliphatic rings. The van der Waals surface area contributed by atoms with E-state index in [9.17, 15) is 5.11 Å². The van der Waals surface area contributed by atoms with E-state index in [0.29, 0.717) is 11.7 Å². The standard InChI is InChI=1S/C14H21ClN4O/c1-2-3-5-14(19-6-4-10(20)9-19)11-8-16-13(15)7-12(11)17-18-14/h7-8,10,17-18,20H,2-6,9H2,1H3. The van der Waals surface area contributed by atoms with Gasteiger partial charge in [0.05, 0.1) is 11.8 Å². The molecule has 1 aromatic rings. The molecule has 2 unspecified atom stereocenters. The van der Waals surface area contributed by atoms with Crippen LogP contribution >= 0.6 is 11.6 Å². The number of pyridine rings is 1. The van der Waals surface area contributed by atoms with Crippen LogP contribution < -0.4 is 10.9 Å². The third-order valence-electron chi connectivity index (χ3n) is 4.32. The molecule has 110 valence electrons. The number of hydrogen-bond acceptors (Lipinski definition) is 5. The number of nitrogens with zero attached hydrogens (tertiary/aromatic N) is 2. The molecule has 0 aliphatic carbocycles. The fourth-order valence-corrected chi connectivity index (χ4v) is 3.38. The summed E-state index contributed by atoms with van der Waals surface area (Å²) in [6, 6.07) is 1.85. The number of hydrogen-bond donors (Lipinski definition) is 3. The van der Waals surface area contributed by atoms with E-state index in [0.717, 1.165) is 43.5 Å². The molecule has 0 amide bonds. The van der Waals surface area contributed by atoms with Gasteiger partial charge in [-0.1, -0.05) is 31.4 Å². The van der Waals surface area contributed by atoms with E-state index >= 15 is 0 Å². The number of nitrogens with one attached hydrogen (secondary N) is 2. The van der Waals surface area contributed by atoms with Crippen LogP contribution in [0, 0.1) is 0 Å². The van der Waals surface area contributed by atoms with Crippen LogP contribution in [0.4, 0.5) is 5.69 Å². The van der Waals surface area contributed by atoms with Crippen LogP contribution in [0.1, 0.15) is 38.2 Å². The van der Waals surface area contributed by atoms with Crippen molar-refractivity contribution in [3.8, 4) is 0 Å². The Morgan fingerprint density at radius 1 is 1.60 bits per heavy atom. The van der Waals surface area contributed by atoms with Crippen molar-refractivity contribution in [3.63, 3.8) is 0 Å². The molecule has 0 saturated carbocycles. The highest BCUT2D eigenvalue weighted by atomic mass is 35.5. The van der Waals surface area contributed by atoms with Crippen molar-refractivity contribution >= 4 is 17.3 Å². The van der Waals surface area contributed by atoms with E-state index in [2.05, 4.69) is 27.7 Å². The van der Waals surface area contributed by atoms with E-state index in [4.69, 9.17) is 11.6 Å². The van der Waals surface area contributed by atoms with Crippen LogP contribution in [0.25, 0.3) is 0 Å². The summed E-state index contributed by atoms with van der Waals surface area (Å²) in [5, 5.41) is 10.4. The molecular weight excluding hydrogens is 276 g/mol. The van der Waals surface area contributed by atoms with Crippen molar-refractivity contribution in [3.05, 3.63) is 23.0 Å². The van der Waals surface area contributed by atoms with Gasteiger partial charge in [-0.15, -0.1) is 0 Å². The van der Waals surface area contributed by atoms with Gasteiger partial charge in [0.25, 0.3) is 0 Å². The predicted molar refractivity (Wildman–Crippen MR) is 79.4 cm³/mol. The number of aliphatic hydroxyl groups excluding tert-OH is 1. The number of likely N-dealkylation sites (tertiary alicyclic amines) is 1. The summed E-state index contributed by atoms with van der Waals surface area (Å²) in [6.07, 6.45) is 5.68. The Labute approximate surface area is 124 Å². The van der Waals surface area contributed by atoms with Gasteiger partial charge in [-0.2, -0.15) is 0 Å². The largest absolute Gasteiger partial charge is 0.392 e. The Balaban J connectivity index is 1.96. The highest BCUT2D eigenvalue weighted by Crippen LogP contribution is 2.41. The molecule has 0 radical (unpaired) electrons. The Morgan fingerprint density at radius 2 is 2.45 bits per heavy atom. The molecule has 20 heavy (non-hydrogen) atoms. The van der Waals surface area contributed by atoms with Gasteiger partial charge in [-0.3, -0.25) is 4.90 Å². The maximum Gasteiger partial charge on any atom is 0.131 e. The fraction of sp³-hybridized carbons (Fsp3) is 0.643. The summed E-state index contributed by atoms with van der Waals surface area (Å²) >= 11 is 5.97. The lowest BCUT2D eigenvalue weighted by molar-refractivity contribution is 0.0631. The normalized spacial score (nSPS) is 29.4. The first-order valence-corrected chi connectivity index (χ1v) is 7.66. The van der Waals surface area contributed by atoms with Gasteiger partial charge in [0.15, 0.2) is 0 Å². The molecule has 0 spiro atoms. The first-order valence-electron chi connectivity index (χ1n) is 7.28. The zero-order chi connectivity index (χ0) is 14.2. The smallest absolute Gasteiger partial charge is 0.131 e. The molecule has 2 atom stereocenters. The lowest BCUT2D eigenvalue weighted by atomic mass is 9.94. The Hall–Kier alpha value is -0.880. The van der Waals surface area contributed by atoms with Gasteiger partial charge >= 0.3 is 0 Å². The quantitative estimate of drug-likeness (QED) is 0.743. The number of β-amino-alcohol motifs (C(OH)–C–C–N with tert-alkyl or cyclic N) is 1. The number of halogens is 1. The topological polar surface area (TPSA) is 60.4 Å². The van der Waals surface area contributed by atoms with Crippen LogP contribution in [0.2, 0.25) is 5.15 Å². The van der Waals surface area contributed by atoms with E-state index < -0.39 is 0 Å². The number of aromatic nitrogens is 1. The first-order chi connectivity index (χ1) is 9.65. The number of hydrazine groups is 1. The van der Waals surface area contributed by atoms with Crippen molar-refractivity contribution in [2.75, 3.05) is 18.5 Å². The minimum absolute atomic E-state index is 0.236. The predicted octanol–water partition coefficient (Wildman–Crippen LogP) is 2.07. The van der Waals surface area contributed by atoms with Crippen molar-refractivity contribution in [2.24, 2.45) is 0 Å². The summed E-state index contributed by atoms with van der Waals surface area (Å²) < 4.78 is 0. The van der Waals surface area contributed by atoms with Gasteiger partial charge in [0, 0.05) is 30.9 Å². The summed E-state index contributed by atoms with van der Waals surface area (Å²) in [5.41, 5.74) is 8.50. The lowest BCUT2D eigenvalue weighted by Crippen LogP contribution is -2.53. The highest BCUT2D eigenvalue weighted by Gasteiger charge is 2.46. The average molecular weight is 297 g/mol. The average Bonchev–Trinajstić information content (AvgIpc) is 3.01. The molecule has 3 heterocycles. The van der Waals surface area contributed by atoms with Crippen LogP contribution in [0.5, 0.6) is 0 Å². The second-order valence-corrected chi connectivity index (χ2v) is 6.04. The molecule has 2 aliphatic heterocycles. The second kappa shape index (κ2) is 5.48. The molecule has 1 fully saturated rings. The number of unbranched alkanes of at least 4 members (excludes halogenated alkanes) is 1. The second-order valence-electron chi connectivity index (χ2n) is 5.65. The maximum atomic E-state index is 9.87. The number of fused-ring (bicyclic) bond motifs is 1. The maximum absolute atomic E-state index is 9.87. The van der Waals surface area contributed by atoms with Crippen LogP contribution in [-0.2, 0) is 5.66 Å². The van der Waals surface area contributed by atoms with Gasteiger partial charge in [0.1, 0.15) is 10.8 Å². The zero-order valence-corrected chi connectivity index (χ0v) is 12.5. The Morgan fingerprint density at radius 3 is 3.15 bits per heavy atom. The Bertz CT molecular complexity index is 498. The van der Waals surface area contributed by atoms with Crippen molar-refractivity contribution in [1.82, 2.24) is 15.3 Å². The summed E-state index contributed by atoms with van der Waals surface area (Å²) in [7, 11) is 0. The van der Waals surface area contributed by atoms with Gasteiger partial charge in [-0.05, 0) is 12.8 Å². The van der Waals surface area contributed by atoms with Crippen LogP contribution in [-0.4, -0.2) is 34.2 Å². The van der Waals surface area contributed by atoms with Crippen LogP contribution in [0.15, 0.2) is 12.3 Å². The third kappa shape index (κ3) is 2.29. The molecule has 3 N–H and O–H groups in total. The molecule has 0 bridgehead atoms. The minimum atomic E-state index is -0.277. The van der Waals surface area contributed by atoms with E-state index in [-0.39, 0.29) is 11.8 Å². The van der Waals surface area contributed by atoms with E-state index in [1.165, 1.54) is 0 Å². The SMILES string of the molecule is CCCCC1(N2CCC(O)C2)NNc2cc(Cl)ncc21. The lowest BCUT2D eigenvalue weighted by Gasteiger charge is -2.38. The zero-order valence-electron chi connectivity index (χ0n) is 11.7. The molecular formula is C14H21ClN4O. The van der Waals surface area contributed by atoms with Crippen molar-refractivity contribution < 1.29 is 5.11 Å². The number of rotatable bonds is 4. The molecule has 6 heteroatoms. The minimum Gasteiger partial charge on any atom is -0.392 e. The van der Waals surface area contributed by atoms with E-state index in [1.807, 2.05) is 12.3 Å². The Kier molecular flexibility index (Phi) is 3.86. The number of anilines is 1. The summed E-state index contributed by atoms with van der Waals surface area (Å²) in [4.78, 5) is 6.56. The fourth-order valence-electron chi connectivity index (χ4n) is 3.23. The first kappa shape index (κ1) is 14.1. The third-order valence-corrected chi connectivity index (χ3v) is 4.52. The molecule has 0 aromatic carbocycles. The monoisotopic (exact) mass is 296 g/mol. The van der Waals surface area contributed by atoms with Crippen LogP contribution in [0.3, 0.4) is 0 Å². The molecule has 5 nitrogen and oxygen atoms in total. The van der Waals surface area contributed by atoms with Crippen molar-refractivity contribution in [1.29, 1.82) is 0 Å².